The third kappa shape index (κ3) is 2.69. The molecule has 1 aromatic rings. The Morgan fingerprint density at radius 3 is 2.57 bits per heavy atom. The number of rotatable bonds is 2. The number of carbonyl (C=O) groups is 2. The molecule has 1 aromatic carbocycles. The third-order valence-electron chi connectivity index (χ3n) is 3.69. The first-order valence-electron chi connectivity index (χ1n) is 6.80. The van der Waals surface area contributed by atoms with E-state index in [1.807, 2.05) is 6.92 Å². The van der Waals surface area contributed by atoms with E-state index < -0.39 is 17.4 Å². The molecular weight excluding hydrogens is 339 g/mol. The van der Waals surface area contributed by atoms with Gasteiger partial charge in [-0.25, -0.2) is 4.39 Å². The van der Waals surface area contributed by atoms with Crippen LogP contribution < -0.4 is 10.2 Å². The second-order valence-corrected chi connectivity index (χ2v) is 6.62. The number of nitrogens with one attached hydrogen (secondary N) is 1. The van der Waals surface area contributed by atoms with Crippen LogP contribution in [0.3, 0.4) is 0 Å². The number of hydrogen-bond acceptors (Lipinski definition) is 2. The average Bonchev–Trinajstić information content (AvgIpc) is 2.38. The first-order valence-corrected chi connectivity index (χ1v) is 7.59. The zero-order valence-corrected chi connectivity index (χ0v) is 14.0. The summed E-state index contributed by atoms with van der Waals surface area (Å²) in [6, 6.07) is 2.33. The second-order valence-electron chi connectivity index (χ2n) is 5.77. The van der Waals surface area contributed by atoms with E-state index in [0.29, 0.717) is 17.7 Å². The maximum Gasteiger partial charge on any atom is 0.252 e. The molecule has 1 saturated heterocycles. The van der Waals surface area contributed by atoms with Gasteiger partial charge in [0.25, 0.3) is 5.91 Å². The number of carbonyl (C=O) groups excluding carboxylic acids is 2. The van der Waals surface area contributed by atoms with Gasteiger partial charge in [-0.15, -0.1) is 0 Å². The summed E-state index contributed by atoms with van der Waals surface area (Å²) in [6.07, 6.45) is 0.488. The highest BCUT2D eigenvalue weighted by Gasteiger charge is 2.45. The van der Waals surface area contributed by atoms with Crippen molar-refractivity contribution in [2.24, 2.45) is 0 Å². The Kier molecular flexibility index (Phi) is 4.10. The van der Waals surface area contributed by atoms with E-state index in [-0.39, 0.29) is 16.3 Å². The van der Waals surface area contributed by atoms with E-state index in [2.05, 4.69) is 21.2 Å². The summed E-state index contributed by atoms with van der Waals surface area (Å²) in [5.74, 6) is -0.782. The van der Waals surface area contributed by atoms with Crippen LogP contribution in [0.15, 0.2) is 16.6 Å². The zero-order chi connectivity index (χ0) is 15.9. The molecule has 1 atom stereocenters. The molecule has 0 radical (unpaired) electrons. The van der Waals surface area contributed by atoms with E-state index in [4.69, 9.17) is 0 Å². The summed E-state index contributed by atoms with van der Waals surface area (Å²) in [5.41, 5.74) is 0.201. The van der Waals surface area contributed by atoms with Crippen LogP contribution in [0, 0.1) is 12.7 Å². The van der Waals surface area contributed by atoms with Crippen molar-refractivity contribution in [2.45, 2.75) is 45.7 Å². The highest BCUT2D eigenvalue weighted by Crippen LogP contribution is 2.32. The van der Waals surface area contributed by atoms with E-state index in [1.54, 1.807) is 26.8 Å². The first kappa shape index (κ1) is 15.9. The topological polar surface area (TPSA) is 49.4 Å². The molecule has 0 bridgehead atoms. The fraction of sp³-hybridized carbons (Fsp3) is 0.467. The second kappa shape index (κ2) is 5.40. The molecule has 1 aliphatic heterocycles. The molecule has 0 saturated carbocycles. The summed E-state index contributed by atoms with van der Waals surface area (Å²) in [5, 5.41) is 2.74. The summed E-state index contributed by atoms with van der Waals surface area (Å²) >= 11 is 3.14. The van der Waals surface area contributed by atoms with Crippen molar-refractivity contribution in [2.75, 3.05) is 4.90 Å². The molecule has 2 rings (SSSR count). The van der Waals surface area contributed by atoms with Crippen LogP contribution >= 0.6 is 15.9 Å². The minimum absolute atomic E-state index is 0.193. The Hall–Kier alpha value is -1.43. The van der Waals surface area contributed by atoms with Gasteiger partial charge >= 0.3 is 0 Å². The van der Waals surface area contributed by atoms with Crippen molar-refractivity contribution < 1.29 is 14.0 Å². The number of nitrogens with zero attached hydrogens (tertiary/aromatic N) is 1. The molecule has 1 N–H and O–H groups in total. The molecule has 114 valence electrons. The number of aryl methyl sites for hydroxylation is 1. The van der Waals surface area contributed by atoms with Crippen LogP contribution in [-0.2, 0) is 9.59 Å². The highest BCUT2D eigenvalue weighted by molar-refractivity contribution is 9.10. The van der Waals surface area contributed by atoms with Crippen LogP contribution in [0.2, 0.25) is 0 Å². The molecule has 6 heteroatoms. The predicted molar refractivity (Wildman–Crippen MR) is 82.6 cm³/mol. The van der Waals surface area contributed by atoms with Gasteiger partial charge in [-0.05, 0) is 60.8 Å². The summed E-state index contributed by atoms with van der Waals surface area (Å²) < 4.78 is 13.9. The van der Waals surface area contributed by atoms with Crippen LogP contribution in [-0.4, -0.2) is 23.4 Å². The Morgan fingerprint density at radius 2 is 2.00 bits per heavy atom. The summed E-state index contributed by atoms with van der Waals surface area (Å²) in [7, 11) is 0. The van der Waals surface area contributed by atoms with Crippen LogP contribution in [0.5, 0.6) is 0 Å². The van der Waals surface area contributed by atoms with Crippen molar-refractivity contribution in [3.8, 4) is 0 Å². The maximum absolute atomic E-state index is 13.6. The molecule has 0 aliphatic carbocycles. The van der Waals surface area contributed by atoms with E-state index in [9.17, 15) is 14.0 Å². The van der Waals surface area contributed by atoms with Crippen molar-refractivity contribution in [1.82, 2.24) is 5.32 Å². The lowest BCUT2D eigenvalue weighted by Crippen LogP contribution is -2.68. The van der Waals surface area contributed by atoms with Gasteiger partial charge in [0.05, 0.1) is 4.47 Å². The van der Waals surface area contributed by atoms with Gasteiger partial charge in [0.15, 0.2) is 0 Å². The van der Waals surface area contributed by atoms with Crippen molar-refractivity contribution in [3.63, 3.8) is 0 Å². The maximum atomic E-state index is 13.6. The highest BCUT2D eigenvalue weighted by atomic mass is 79.9. The first-order chi connectivity index (χ1) is 9.69. The van der Waals surface area contributed by atoms with Gasteiger partial charge in [-0.1, -0.05) is 6.92 Å². The van der Waals surface area contributed by atoms with Gasteiger partial charge in [-0.2, -0.15) is 0 Å². The largest absolute Gasteiger partial charge is 0.340 e. The number of hydrogen-bond donors (Lipinski definition) is 1. The fourth-order valence-electron chi connectivity index (χ4n) is 2.55. The van der Waals surface area contributed by atoms with E-state index in [1.165, 1.54) is 11.0 Å². The molecule has 0 aromatic heterocycles. The van der Waals surface area contributed by atoms with Gasteiger partial charge in [-0.3, -0.25) is 14.5 Å². The van der Waals surface area contributed by atoms with Crippen LogP contribution in [0.25, 0.3) is 0 Å². The van der Waals surface area contributed by atoms with Gasteiger partial charge in [0.1, 0.15) is 17.4 Å². The standard InChI is InChI=1S/C15H18BrFN2O2/c1-5-11-13(20)18-15(3,4)14(21)19(11)12-7-9(16)10(17)6-8(12)2/h6-7,11H,5H2,1-4H3,(H,18,20). The molecule has 1 heterocycles. The molecule has 1 unspecified atom stereocenters. The number of anilines is 1. The third-order valence-corrected chi connectivity index (χ3v) is 4.30. The smallest absolute Gasteiger partial charge is 0.252 e. The lowest BCUT2D eigenvalue weighted by atomic mass is 9.94. The minimum atomic E-state index is -0.976. The quantitative estimate of drug-likeness (QED) is 0.885. The molecule has 2 amide bonds. The van der Waals surface area contributed by atoms with Gasteiger partial charge in [0, 0.05) is 5.69 Å². The monoisotopic (exact) mass is 356 g/mol. The normalized spacial score (nSPS) is 21.4. The minimum Gasteiger partial charge on any atom is -0.340 e. The molecule has 0 spiro atoms. The van der Waals surface area contributed by atoms with Crippen LogP contribution in [0.4, 0.5) is 10.1 Å². The molecule has 1 fully saturated rings. The van der Waals surface area contributed by atoms with Crippen LogP contribution in [0.1, 0.15) is 32.8 Å². The van der Waals surface area contributed by atoms with Crippen molar-refractivity contribution in [3.05, 3.63) is 28.0 Å². The Morgan fingerprint density at radius 1 is 1.38 bits per heavy atom. The molecule has 1 aliphatic rings. The average molecular weight is 357 g/mol. The number of amides is 2. The number of benzene rings is 1. The molecule has 21 heavy (non-hydrogen) atoms. The lowest BCUT2D eigenvalue weighted by Gasteiger charge is -2.43. The Labute approximate surface area is 131 Å². The fourth-order valence-corrected chi connectivity index (χ4v) is 2.88. The lowest BCUT2D eigenvalue weighted by molar-refractivity contribution is -0.137. The number of halogens is 2. The number of piperazine rings is 1. The predicted octanol–water partition coefficient (Wildman–Crippen LogP) is 2.92. The van der Waals surface area contributed by atoms with E-state index >= 15 is 0 Å². The van der Waals surface area contributed by atoms with Gasteiger partial charge in [0.2, 0.25) is 5.91 Å². The van der Waals surface area contributed by atoms with E-state index in [0.717, 1.165) is 0 Å². The summed E-state index contributed by atoms with van der Waals surface area (Å²) in [4.78, 5) is 26.4. The Balaban J connectivity index is 2.59. The zero-order valence-electron chi connectivity index (χ0n) is 12.5. The van der Waals surface area contributed by atoms with Crippen molar-refractivity contribution >= 4 is 33.4 Å². The van der Waals surface area contributed by atoms with Gasteiger partial charge < -0.3 is 5.32 Å². The molecular formula is C15H18BrFN2O2. The summed E-state index contributed by atoms with van der Waals surface area (Å²) in [6.45, 7) is 6.90. The Bertz CT molecular complexity index is 616. The van der Waals surface area contributed by atoms with Crippen molar-refractivity contribution in [1.29, 1.82) is 0 Å². The SMILES string of the molecule is CCC1C(=O)NC(C)(C)C(=O)N1c1cc(Br)c(F)cc1C. The molecule has 4 nitrogen and oxygen atoms in total.